The fraction of sp³-hybridized carbons (Fsp3) is 0.294. The highest BCUT2D eigenvalue weighted by Gasteiger charge is 2.22. The maximum Gasteiger partial charge on any atom is 0.119 e. The summed E-state index contributed by atoms with van der Waals surface area (Å²) in [5, 5.41) is 0. The van der Waals surface area contributed by atoms with E-state index in [0.717, 1.165) is 18.1 Å². The predicted octanol–water partition coefficient (Wildman–Crippen LogP) is 3.53. The third-order valence-electron chi connectivity index (χ3n) is 3.19. The second kappa shape index (κ2) is 5.97. The van der Waals surface area contributed by atoms with Crippen LogP contribution in [0.25, 0.3) is 11.1 Å². The van der Waals surface area contributed by atoms with Crippen LogP contribution in [-0.2, 0) is 4.74 Å². The maximum atomic E-state index is 5.63. The summed E-state index contributed by atoms with van der Waals surface area (Å²) in [7, 11) is 0. The molecule has 0 bridgehead atoms. The Balaban J connectivity index is 1.66. The molecule has 2 aromatic carbocycles. The number of epoxide rings is 1. The third kappa shape index (κ3) is 3.31. The molecular weight excluding hydrogens is 252 g/mol. The van der Waals surface area contributed by atoms with Crippen molar-refractivity contribution in [2.75, 3.05) is 19.8 Å². The third-order valence-corrected chi connectivity index (χ3v) is 3.19. The van der Waals surface area contributed by atoms with Crippen LogP contribution < -0.4 is 9.47 Å². The molecule has 2 aromatic rings. The van der Waals surface area contributed by atoms with Gasteiger partial charge < -0.3 is 14.2 Å². The van der Waals surface area contributed by atoms with E-state index in [9.17, 15) is 0 Å². The minimum Gasteiger partial charge on any atom is -0.494 e. The number of ether oxygens (including phenoxy) is 3. The monoisotopic (exact) mass is 270 g/mol. The number of hydrogen-bond donors (Lipinski definition) is 0. The van der Waals surface area contributed by atoms with Gasteiger partial charge in [0.15, 0.2) is 0 Å². The summed E-state index contributed by atoms with van der Waals surface area (Å²) in [5.41, 5.74) is 2.34. The second-order valence-electron chi connectivity index (χ2n) is 4.75. The van der Waals surface area contributed by atoms with Crippen LogP contribution in [-0.4, -0.2) is 25.9 Å². The van der Waals surface area contributed by atoms with Crippen molar-refractivity contribution in [3.63, 3.8) is 0 Å². The minimum atomic E-state index is 0.292. The molecule has 3 heteroatoms. The van der Waals surface area contributed by atoms with E-state index < -0.39 is 0 Å². The molecule has 1 unspecified atom stereocenters. The van der Waals surface area contributed by atoms with Crippen LogP contribution in [0.1, 0.15) is 6.92 Å². The van der Waals surface area contributed by atoms with Gasteiger partial charge in [0.25, 0.3) is 0 Å². The Morgan fingerprint density at radius 3 is 1.85 bits per heavy atom. The van der Waals surface area contributed by atoms with E-state index in [1.165, 1.54) is 11.1 Å². The van der Waals surface area contributed by atoms with Crippen LogP contribution in [0.3, 0.4) is 0 Å². The Bertz CT molecular complexity index is 541. The summed E-state index contributed by atoms with van der Waals surface area (Å²) < 4.78 is 16.2. The quantitative estimate of drug-likeness (QED) is 0.752. The SMILES string of the molecule is CCOc1ccc(-c2ccc(OCC3CO3)cc2)cc1. The lowest BCUT2D eigenvalue weighted by atomic mass is 10.1. The molecule has 0 N–H and O–H groups in total. The Morgan fingerprint density at radius 1 is 0.900 bits per heavy atom. The van der Waals surface area contributed by atoms with E-state index >= 15 is 0 Å². The van der Waals surface area contributed by atoms with Crippen LogP contribution in [0.4, 0.5) is 0 Å². The van der Waals surface area contributed by atoms with Crippen molar-refractivity contribution < 1.29 is 14.2 Å². The summed E-state index contributed by atoms with van der Waals surface area (Å²) in [6, 6.07) is 16.2. The Labute approximate surface area is 119 Å². The lowest BCUT2D eigenvalue weighted by molar-refractivity contribution is 0.263. The molecule has 1 fully saturated rings. The summed E-state index contributed by atoms with van der Waals surface area (Å²) >= 11 is 0. The Kier molecular flexibility index (Phi) is 3.88. The van der Waals surface area contributed by atoms with Crippen LogP contribution >= 0.6 is 0 Å². The van der Waals surface area contributed by atoms with Gasteiger partial charge in [-0.15, -0.1) is 0 Å². The lowest BCUT2D eigenvalue weighted by Gasteiger charge is -2.07. The molecule has 0 saturated carbocycles. The molecule has 20 heavy (non-hydrogen) atoms. The Hall–Kier alpha value is -2.00. The fourth-order valence-electron chi connectivity index (χ4n) is 2.01. The van der Waals surface area contributed by atoms with Gasteiger partial charge in [-0.1, -0.05) is 24.3 Å². The molecule has 0 radical (unpaired) electrons. The first-order valence-corrected chi connectivity index (χ1v) is 6.93. The van der Waals surface area contributed by atoms with Gasteiger partial charge in [0.05, 0.1) is 13.2 Å². The molecule has 3 nitrogen and oxygen atoms in total. The molecule has 3 rings (SSSR count). The van der Waals surface area contributed by atoms with E-state index in [0.29, 0.717) is 19.3 Å². The Morgan fingerprint density at radius 2 is 1.40 bits per heavy atom. The van der Waals surface area contributed by atoms with Crippen molar-refractivity contribution in [1.29, 1.82) is 0 Å². The zero-order valence-corrected chi connectivity index (χ0v) is 11.5. The van der Waals surface area contributed by atoms with Crippen molar-refractivity contribution in [2.45, 2.75) is 13.0 Å². The zero-order valence-electron chi connectivity index (χ0n) is 11.5. The topological polar surface area (TPSA) is 31.0 Å². The van der Waals surface area contributed by atoms with E-state index in [4.69, 9.17) is 14.2 Å². The molecule has 0 amide bonds. The van der Waals surface area contributed by atoms with Gasteiger partial charge >= 0.3 is 0 Å². The van der Waals surface area contributed by atoms with Crippen molar-refractivity contribution in [3.8, 4) is 22.6 Å². The average molecular weight is 270 g/mol. The van der Waals surface area contributed by atoms with Crippen LogP contribution in [0, 0.1) is 0 Å². The lowest BCUT2D eigenvalue weighted by Crippen LogP contribution is -2.03. The highest BCUT2D eigenvalue weighted by Crippen LogP contribution is 2.25. The minimum absolute atomic E-state index is 0.292. The molecular formula is C17H18O3. The molecule has 0 aliphatic carbocycles. The van der Waals surface area contributed by atoms with Gasteiger partial charge in [-0.25, -0.2) is 0 Å². The van der Waals surface area contributed by atoms with Crippen LogP contribution in [0.5, 0.6) is 11.5 Å². The van der Waals surface area contributed by atoms with Crippen molar-refractivity contribution in [3.05, 3.63) is 48.5 Å². The molecule has 1 aliphatic rings. The average Bonchev–Trinajstić information content (AvgIpc) is 3.31. The van der Waals surface area contributed by atoms with Gasteiger partial charge in [-0.2, -0.15) is 0 Å². The summed E-state index contributed by atoms with van der Waals surface area (Å²) in [5.74, 6) is 1.79. The van der Waals surface area contributed by atoms with E-state index in [-0.39, 0.29) is 0 Å². The zero-order chi connectivity index (χ0) is 13.8. The molecule has 104 valence electrons. The summed E-state index contributed by atoms with van der Waals surface area (Å²) in [4.78, 5) is 0. The highest BCUT2D eigenvalue weighted by molar-refractivity contribution is 5.64. The van der Waals surface area contributed by atoms with Gasteiger partial charge in [0.2, 0.25) is 0 Å². The largest absolute Gasteiger partial charge is 0.494 e. The molecule has 1 heterocycles. The van der Waals surface area contributed by atoms with Crippen LogP contribution in [0.15, 0.2) is 48.5 Å². The van der Waals surface area contributed by atoms with Gasteiger partial charge in [0, 0.05) is 0 Å². The van der Waals surface area contributed by atoms with Gasteiger partial charge in [-0.05, 0) is 42.3 Å². The highest BCUT2D eigenvalue weighted by atomic mass is 16.6. The number of benzene rings is 2. The second-order valence-corrected chi connectivity index (χ2v) is 4.75. The van der Waals surface area contributed by atoms with E-state index in [1.807, 2.05) is 31.2 Å². The summed E-state index contributed by atoms with van der Waals surface area (Å²) in [6.45, 7) is 4.14. The van der Waals surface area contributed by atoms with Gasteiger partial charge in [0.1, 0.15) is 24.2 Å². The van der Waals surface area contributed by atoms with Crippen molar-refractivity contribution in [1.82, 2.24) is 0 Å². The van der Waals surface area contributed by atoms with E-state index in [1.54, 1.807) is 0 Å². The normalized spacial score (nSPS) is 16.8. The van der Waals surface area contributed by atoms with Crippen molar-refractivity contribution in [2.24, 2.45) is 0 Å². The molecule has 1 saturated heterocycles. The standard InChI is InChI=1S/C17H18O3/c1-2-18-15-7-3-13(4-8-15)14-5-9-16(10-6-14)19-11-17-12-20-17/h3-10,17H,2,11-12H2,1H3. The number of rotatable bonds is 6. The molecule has 0 spiro atoms. The smallest absolute Gasteiger partial charge is 0.119 e. The number of hydrogen-bond acceptors (Lipinski definition) is 3. The van der Waals surface area contributed by atoms with Crippen molar-refractivity contribution >= 4 is 0 Å². The first-order valence-electron chi connectivity index (χ1n) is 6.93. The molecule has 1 aliphatic heterocycles. The first-order chi connectivity index (χ1) is 9.85. The van der Waals surface area contributed by atoms with Gasteiger partial charge in [-0.3, -0.25) is 0 Å². The van der Waals surface area contributed by atoms with E-state index in [2.05, 4.69) is 24.3 Å². The maximum absolute atomic E-state index is 5.63. The first kappa shape index (κ1) is 13.0. The molecule has 0 aromatic heterocycles. The fourth-order valence-corrected chi connectivity index (χ4v) is 2.01. The van der Waals surface area contributed by atoms with Crippen LogP contribution in [0.2, 0.25) is 0 Å². The summed E-state index contributed by atoms with van der Waals surface area (Å²) in [6.07, 6.45) is 0.292. The molecule has 1 atom stereocenters. The predicted molar refractivity (Wildman–Crippen MR) is 78.3 cm³/mol.